The third kappa shape index (κ3) is 11.2. The van der Waals surface area contributed by atoms with Gasteiger partial charge in [0, 0.05) is 46.2 Å². The first-order chi connectivity index (χ1) is 33.6. The Morgan fingerprint density at radius 3 is 2.12 bits per heavy atom. The van der Waals surface area contributed by atoms with Crippen molar-refractivity contribution < 1.29 is 70.3 Å². The van der Waals surface area contributed by atoms with Crippen LogP contribution < -0.4 is 9.62 Å². The van der Waals surface area contributed by atoms with Crippen molar-refractivity contribution in [2.24, 2.45) is 5.92 Å². The zero-order chi connectivity index (χ0) is 54.1. The Bertz CT molecular complexity index is 3390. The van der Waals surface area contributed by atoms with E-state index in [1.807, 2.05) is 0 Å². The Balaban J connectivity index is 1.49. The number of aromatic nitrogens is 5. The number of nitrogens with zero attached hydrogens (tertiary/aromatic N) is 6. The highest BCUT2D eigenvalue weighted by Gasteiger charge is 2.54. The number of alkyl halides is 8. The van der Waals surface area contributed by atoms with Gasteiger partial charge in [-0.05, 0) is 87.9 Å². The molecule has 0 aliphatic heterocycles. The van der Waals surface area contributed by atoms with Gasteiger partial charge >= 0.3 is 12.4 Å². The Morgan fingerprint density at radius 2 is 1.53 bits per heavy atom. The molecule has 2 amide bonds. The number of halogens is 11. The second kappa shape index (κ2) is 19.3. The highest BCUT2D eigenvalue weighted by molar-refractivity contribution is 7.93. The van der Waals surface area contributed by atoms with E-state index >= 15 is 8.78 Å². The number of hydrogen-bond donors (Lipinski definition) is 1. The molecule has 13 nitrogen and oxygen atoms in total. The molecule has 0 radical (unpaired) electrons. The van der Waals surface area contributed by atoms with Gasteiger partial charge in [0.1, 0.15) is 30.4 Å². The summed E-state index contributed by atoms with van der Waals surface area (Å²) in [5, 5.41) is 8.95. The summed E-state index contributed by atoms with van der Waals surface area (Å²) in [7, 11) is -8.50. The molecule has 26 heteroatoms. The van der Waals surface area contributed by atoms with Crippen LogP contribution in [0.3, 0.4) is 0 Å². The van der Waals surface area contributed by atoms with Gasteiger partial charge in [0.25, 0.3) is 11.8 Å². The number of nitrogens with one attached hydrogen (secondary N) is 1. The normalized spacial score (nSPS) is 15.7. The van der Waals surface area contributed by atoms with Crippen LogP contribution in [0.1, 0.15) is 83.1 Å². The lowest BCUT2D eigenvalue weighted by atomic mass is 9.93. The Hall–Kier alpha value is -6.08. The molecular formula is C47H44ClF10N7O6S2. The molecule has 0 bridgehead atoms. The largest absolute Gasteiger partial charge is 0.435 e. The maximum atomic E-state index is 15.6. The highest BCUT2D eigenvalue weighted by Crippen LogP contribution is 2.50. The van der Waals surface area contributed by atoms with Crippen LogP contribution in [0.4, 0.5) is 49.7 Å². The fourth-order valence-corrected chi connectivity index (χ4v) is 10.2. The molecule has 1 aliphatic carbocycles. The summed E-state index contributed by atoms with van der Waals surface area (Å²) >= 11 is 6.72. The predicted octanol–water partition coefficient (Wildman–Crippen LogP) is 9.86. The lowest BCUT2D eigenvalue weighted by Crippen LogP contribution is -2.37. The third-order valence-corrected chi connectivity index (χ3v) is 16.1. The van der Waals surface area contributed by atoms with Crippen molar-refractivity contribution in [2.75, 3.05) is 16.8 Å². The molecule has 0 fully saturated rings. The van der Waals surface area contributed by atoms with Crippen LogP contribution in [-0.4, -0.2) is 76.6 Å². The number of hydrogen-bond acceptors (Lipinski definition) is 9. The molecule has 0 saturated heterocycles. The number of pyridine rings is 1. The zero-order valence-corrected chi connectivity index (χ0v) is 41.7. The zero-order valence-electron chi connectivity index (χ0n) is 39.4. The minimum Gasteiger partial charge on any atom is -0.346 e. The molecule has 73 heavy (non-hydrogen) atoms. The lowest BCUT2D eigenvalue weighted by Gasteiger charge is -2.25. The first-order valence-electron chi connectivity index (χ1n) is 21.9. The average molecular weight is 1090 g/mol. The maximum absolute atomic E-state index is 15.6. The third-order valence-electron chi connectivity index (χ3n) is 12.6. The number of aryl methyl sites for hydroxylation is 2. The molecule has 3 heterocycles. The number of benzene rings is 3. The van der Waals surface area contributed by atoms with Crippen molar-refractivity contribution in [1.82, 2.24) is 29.9 Å². The minimum atomic E-state index is -5.23. The summed E-state index contributed by atoms with van der Waals surface area (Å²) in [4.78, 5) is 33.1. The van der Waals surface area contributed by atoms with Crippen LogP contribution in [0.5, 0.6) is 0 Å². The number of amides is 2. The smallest absolute Gasteiger partial charge is 0.346 e. The molecule has 2 atom stereocenters. The summed E-state index contributed by atoms with van der Waals surface area (Å²) < 4.78 is 199. The van der Waals surface area contributed by atoms with Gasteiger partial charge in [-0.1, -0.05) is 48.9 Å². The molecule has 0 saturated carbocycles. The van der Waals surface area contributed by atoms with Crippen LogP contribution in [0.2, 0.25) is 5.02 Å². The lowest BCUT2D eigenvalue weighted by molar-refractivity contribution is -0.143. The van der Waals surface area contributed by atoms with E-state index < -0.39 is 143 Å². The molecule has 1 aliphatic rings. The number of sulfone groups is 1. The van der Waals surface area contributed by atoms with Gasteiger partial charge in [-0.3, -0.25) is 23.9 Å². The van der Waals surface area contributed by atoms with E-state index in [-0.39, 0.29) is 61.0 Å². The van der Waals surface area contributed by atoms with Crippen molar-refractivity contribution in [3.8, 4) is 11.1 Å². The first-order valence-corrected chi connectivity index (χ1v) is 26.1. The highest BCUT2D eigenvalue weighted by atomic mass is 35.5. The molecular weight excluding hydrogens is 1050 g/mol. The molecule has 0 spiro atoms. The van der Waals surface area contributed by atoms with Crippen molar-refractivity contribution in [3.05, 3.63) is 128 Å². The number of carbonyl (C=O) groups excluding carboxylic acids is 2. The topological polar surface area (TPSA) is 166 Å². The van der Waals surface area contributed by atoms with Crippen molar-refractivity contribution in [1.29, 1.82) is 0 Å². The number of rotatable bonds is 15. The van der Waals surface area contributed by atoms with E-state index in [9.17, 15) is 61.5 Å². The quantitative estimate of drug-likeness (QED) is 0.0986. The standard InChI is InChI=1S/C47H44ClF10N7O6S2/c1-24-9-7-8-10-30(24)43(67)65(73(6,70)71)42-37-34(48)14-13-32(39(37)64(62-42)23-45(51,52)53)31-12-11-29(15-16-44(3,4)72(5,68)69)59-38(31)35(20-26-18-27(49)21-28(50)19-26)60-36(66)22-63-41-33(17-25(2)46(41,54)55)40(61-63)47(56,57)58/h7-14,18-19,21,25,35H,15-17,20,22-23H2,1-6H3,(H,60,66)/t25-,35+/m1/s1. The Labute approximate surface area is 416 Å². The van der Waals surface area contributed by atoms with E-state index in [4.69, 9.17) is 16.6 Å². The monoisotopic (exact) mass is 1090 g/mol. The molecule has 0 unspecified atom stereocenters. The van der Waals surface area contributed by atoms with Crippen LogP contribution in [0, 0.1) is 24.5 Å². The van der Waals surface area contributed by atoms with Crippen molar-refractivity contribution >= 4 is 60.0 Å². The van der Waals surface area contributed by atoms with E-state index in [0.29, 0.717) is 17.0 Å². The van der Waals surface area contributed by atoms with Gasteiger partial charge in [0.15, 0.2) is 21.3 Å². The maximum Gasteiger partial charge on any atom is 0.435 e. The second-order valence-electron chi connectivity index (χ2n) is 18.5. The number of anilines is 1. The number of sulfonamides is 1. The van der Waals surface area contributed by atoms with Gasteiger partial charge in [-0.25, -0.2) is 25.6 Å². The summed E-state index contributed by atoms with van der Waals surface area (Å²) in [5.74, 6) is -11.2. The van der Waals surface area contributed by atoms with Crippen LogP contribution in [-0.2, 0) is 69.1 Å². The first kappa shape index (κ1) is 54.7. The van der Waals surface area contributed by atoms with Crippen molar-refractivity contribution in [2.45, 2.75) is 95.5 Å². The van der Waals surface area contributed by atoms with E-state index in [1.165, 1.54) is 57.2 Å². The molecule has 3 aromatic heterocycles. The van der Waals surface area contributed by atoms with E-state index in [2.05, 4.69) is 15.5 Å². The molecule has 7 rings (SSSR count). The summed E-state index contributed by atoms with van der Waals surface area (Å²) in [5.41, 5.74) is -5.15. The van der Waals surface area contributed by atoms with Crippen LogP contribution in [0.25, 0.3) is 22.0 Å². The van der Waals surface area contributed by atoms with Gasteiger partial charge in [-0.15, -0.1) is 0 Å². The van der Waals surface area contributed by atoms with E-state index in [0.717, 1.165) is 31.4 Å². The van der Waals surface area contributed by atoms with Gasteiger partial charge < -0.3 is 5.32 Å². The molecule has 392 valence electrons. The number of fused-ring (bicyclic) bond motifs is 2. The average Bonchev–Trinajstić information content (AvgIpc) is 3.87. The molecule has 6 aromatic rings. The van der Waals surface area contributed by atoms with Gasteiger partial charge in [0.05, 0.1) is 38.7 Å². The van der Waals surface area contributed by atoms with Crippen molar-refractivity contribution in [3.63, 3.8) is 0 Å². The summed E-state index contributed by atoms with van der Waals surface area (Å²) in [6, 6.07) is 11.1. The van der Waals surface area contributed by atoms with Crippen LogP contribution in [0.15, 0.2) is 66.7 Å². The minimum absolute atomic E-state index is 0.0651. The fourth-order valence-electron chi connectivity index (χ4n) is 8.63. The van der Waals surface area contributed by atoms with E-state index in [1.54, 1.807) is 6.07 Å². The van der Waals surface area contributed by atoms with Crippen LogP contribution >= 0.6 is 11.6 Å². The second-order valence-corrected chi connectivity index (χ2v) is 23.4. The van der Waals surface area contributed by atoms with Gasteiger partial charge in [0.2, 0.25) is 15.9 Å². The molecule has 1 N–H and O–H groups in total. The molecule has 3 aromatic carbocycles. The SMILES string of the molecule is Cc1ccccc1C(=O)N(c1nn(CC(F)(F)F)c2c(-c3ccc(CCC(C)(C)S(C)(=O)=O)nc3[C@H](Cc3cc(F)cc(F)c3)NC(=O)Cn3nc(C(F)(F)F)c4c3C(F)(F)[C@H](C)C4)ccc(Cl)c12)S(C)(=O)=O. The number of carbonyl (C=O) groups is 2. The Kier molecular flexibility index (Phi) is 14.5. The van der Waals surface area contributed by atoms with Gasteiger partial charge in [-0.2, -0.15) is 49.6 Å². The fraction of sp³-hybridized carbons (Fsp3) is 0.383. The summed E-state index contributed by atoms with van der Waals surface area (Å²) in [6.07, 6.45) is -10.4. The summed E-state index contributed by atoms with van der Waals surface area (Å²) in [6.45, 7) is 2.10. The predicted molar refractivity (Wildman–Crippen MR) is 249 cm³/mol. The Morgan fingerprint density at radius 1 is 0.904 bits per heavy atom.